The van der Waals surface area contributed by atoms with Crippen LogP contribution in [0.4, 0.5) is 17.1 Å². The van der Waals surface area contributed by atoms with Gasteiger partial charge in [-0.05, 0) is 98.2 Å². The van der Waals surface area contributed by atoms with Gasteiger partial charge in [-0.1, -0.05) is 153 Å². The molecule has 274 valence electrons. The molecule has 0 saturated heterocycles. The van der Waals surface area contributed by atoms with Crippen LogP contribution in [-0.2, 0) is 5.41 Å². The molecule has 0 unspecified atom stereocenters. The van der Waals surface area contributed by atoms with Crippen molar-refractivity contribution in [2.45, 2.75) is 19.3 Å². The molecule has 12 rings (SSSR count). The van der Waals surface area contributed by atoms with Crippen molar-refractivity contribution >= 4 is 81.3 Å². The van der Waals surface area contributed by atoms with E-state index < -0.39 is 0 Å². The van der Waals surface area contributed by atoms with E-state index in [1.54, 1.807) is 0 Å². The number of para-hydroxylation sites is 1. The fourth-order valence-corrected chi connectivity index (χ4v) is 10.8. The van der Waals surface area contributed by atoms with Gasteiger partial charge in [-0.25, -0.2) is 0 Å². The number of fused-ring (bicyclic) bond motifs is 11. The highest BCUT2D eigenvalue weighted by atomic mass is 32.1. The van der Waals surface area contributed by atoms with Crippen LogP contribution in [0.15, 0.2) is 192 Å². The third kappa shape index (κ3) is 4.84. The van der Waals surface area contributed by atoms with Crippen LogP contribution >= 0.6 is 11.3 Å². The topological polar surface area (TPSA) is 16.4 Å². The lowest BCUT2D eigenvalue weighted by atomic mass is 9.82. The van der Waals surface area contributed by atoms with Gasteiger partial charge in [-0.15, -0.1) is 11.3 Å². The summed E-state index contributed by atoms with van der Waals surface area (Å²) in [5.41, 5.74) is 14.8. The summed E-state index contributed by atoms with van der Waals surface area (Å²) in [5.74, 6) is 0. The van der Waals surface area contributed by atoms with Gasteiger partial charge in [0.1, 0.15) is 5.58 Å². The van der Waals surface area contributed by atoms with Crippen LogP contribution in [0, 0.1) is 0 Å². The van der Waals surface area contributed by atoms with Gasteiger partial charge < -0.3 is 9.32 Å². The Morgan fingerprint density at radius 3 is 1.97 bits per heavy atom. The number of thiophene rings is 1. The SMILES string of the molecule is CC1(C)c2ccccc2-c2ccc(N(c3ccc(-c4ccccc4)cc3)c3cccc4c3oc3c(-c5cccc6sc7ccccc7c56)cc5ccccc5c34)cc21. The monoisotopic (exact) mass is 759 g/mol. The highest BCUT2D eigenvalue weighted by Gasteiger charge is 2.36. The van der Waals surface area contributed by atoms with Crippen LogP contribution in [0.1, 0.15) is 25.0 Å². The molecule has 9 aromatic carbocycles. The van der Waals surface area contributed by atoms with E-state index in [1.165, 1.54) is 69.9 Å². The summed E-state index contributed by atoms with van der Waals surface area (Å²) in [6.07, 6.45) is 0. The number of benzene rings is 9. The lowest BCUT2D eigenvalue weighted by Crippen LogP contribution is -2.16. The molecule has 0 aliphatic heterocycles. The molecule has 2 nitrogen and oxygen atoms in total. The zero-order valence-corrected chi connectivity index (χ0v) is 33.0. The summed E-state index contributed by atoms with van der Waals surface area (Å²) in [5, 5.41) is 7.20. The molecule has 0 spiro atoms. The average molecular weight is 760 g/mol. The molecule has 1 aliphatic carbocycles. The predicted molar refractivity (Wildman–Crippen MR) is 247 cm³/mol. The first-order valence-electron chi connectivity index (χ1n) is 20.0. The lowest BCUT2D eigenvalue weighted by molar-refractivity contribution is 0.660. The van der Waals surface area contributed by atoms with E-state index in [0.29, 0.717) is 0 Å². The van der Waals surface area contributed by atoms with Crippen LogP contribution < -0.4 is 4.90 Å². The highest BCUT2D eigenvalue weighted by Crippen LogP contribution is 2.52. The van der Waals surface area contributed by atoms with Gasteiger partial charge in [-0.2, -0.15) is 0 Å². The van der Waals surface area contributed by atoms with E-state index in [0.717, 1.165) is 44.6 Å². The van der Waals surface area contributed by atoms with Crippen molar-refractivity contribution in [3.8, 4) is 33.4 Å². The summed E-state index contributed by atoms with van der Waals surface area (Å²) in [6, 6.07) is 68.7. The van der Waals surface area contributed by atoms with Crippen molar-refractivity contribution in [1.29, 1.82) is 0 Å². The van der Waals surface area contributed by atoms with E-state index in [1.807, 2.05) is 11.3 Å². The second-order valence-corrected chi connectivity index (χ2v) is 17.1. The quantitative estimate of drug-likeness (QED) is 0.174. The summed E-state index contributed by atoms with van der Waals surface area (Å²) >= 11 is 1.85. The first-order valence-corrected chi connectivity index (χ1v) is 20.8. The van der Waals surface area contributed by atoms with Gasteiger partial charge in [-0.3, -0.25) is 0 Å². The molecule has 2 aromatic heterocycles. The minimum absolute atomic E-state index is 0.142. The van der Waals surface area contributed by atoms with E-state index in [-0.39, 0.29) is 5.41 Å². The van der Waals surface area contributed by atoms with Gasteiger partial charge in [0, 0.05) is 53.3 Å². The Balaban J connectivity index is 1.13. The zero-order valence-electron chi connectivity index (χ0n) is 32.2. The Morgan fingerprint density at radius 1 is 0.431 bits per heavy atom. The highest BCUT2D eigenvalue weighted by molar-refractivity contribution is 7.25. The molecule has 1 aliphatic rings. The first-order chi connectivity index (χ1) is 28.5. The van der Waals surface area contributed by atoms with Crippen molar-refractivity contribution in [3.63, 3.8) is 0 Å². The maximum Gasteiger partial charge on any atom is 0.159 e. The van der Waals surface area contributed by atoms with Gasteiger partial charge >= 0.3 is 0 Å². The van der Waals surface area contributed by atoms with Crippen LogP contribution in [0.2, 0.25) is 0 Å². The minimum atomic E-state index is -0.142. The van der Waals surface area contributed by atoms with Crippen LogP contribution in [0.25, 0.3) is 86.3 Å². The number of hydrogen-bond donors (Lipinski definition) is 0. The van der Waals surface area contributed by atoms with Crippen LogP contribution in [-0.4, -0.2) is 0 Å². The Bertz CT molecular complexity index is 3420. The van der Waals surface area contributed by atoms with Gasteiger partial charge in [0.2, 0.25) is 0 Å². The molecule has 0 bridgehead atoms. The number of furan rings is 1. The smallest absolute Gasteiger partial charge is 0.159 e. The average Bonchev–Trinajstić information content (AvgIpc) is 3.93. The predicted octanol–water partition coefficient (Wildman–Crippen LogP) is 16.2. The summed E-state index contributed by atoms with van der Waals surface area (Å²) < 4.78 is 9.95. The molecule has 0 fully saturated rings. The number of rotatable bonds is 5. The van der Waals surface area contributed by atoms with Crippen LogP contribution in [0.3, 0.4) is 0 Å². The minimum Gasteiger partial charge on any atom is -0.453 e. The summed E-state index contributed by atoms with van der Waals surface area (Å²) in [4.78, 5) is 2.40. The molecule has 3 heteroatoms. The van der Waals surface area contributed by atoms with E-state index in [9.17, 15) is 0 Å². The summed E-state index contributed by atoms with van der Waals surface area (Å²) in [7, 11) is 0. The number of anilines is 3. The molecule has 11 aromatic rings. The van der Waals surface area contributed by atoms with Crippen LogP contribution in [0.5, 0.6) is 0 Å². The molecule has 0 N–H and O–H groups in total. The molecule has 0 amide bonds. The Hall–Kier alpha value is -6.94. The van der Waals surface area contributed by atoms with Crippen molar-refractivity contribution in [1.82, 2.24) is 0 Å². The lowest BCUT2D eigenvalue weighted by Gasteiger charge is -2.28. The fraction of sp³-hybridized carbons (Fsp3) is 0.0545. The molecule has 0 saturated carbocycles. The standard InChI is InChI=1S/C55H37NOS/c1-55(2)46-22-10-8-18-40(46)41-31-30-38(33-47(41)55)56(37-28-26-35(27-29-37)34-14-4-3-5-15-34)48-23-12-21-44-52-39-17-7-6-16-36(39)32-45(54(52)57-53(44)48)42-20-13-25-50-51(42)43-19-9-11-24-49(43)58-50/h3-33H,1-2H3. The van der Waals surface area contributed by atoms with E-state index in [2.05, 4.69) is 207 Å². The fourth-order valence-electron chi connectivity index (χ4n) is 9.70. The maximum absolute atomic E-state index is 7.38. The summed E-state index contributed by atoms with van der Waals surface area (Å²) in [6.45, 7) is 4.70. The largest absolute Gasteiger partial charge is 0.453 e. The Morgan fingerprint density at radius 2 is 1.09 bits per heavy atom. The van der Waals surface area contributed by atoms with E-state index >= 15 is 0 Å². The first kappa shape index (κ1) is 33.2. The molecular formula is C55H37NOS. The van der Waals surface area contributed by atoms with Gasteiger partial charge in [0.25, 0.3) is 0 Å². The Kier molecular flexibility index (Phi) is 7.18. The second-order valence-electron chi connectivity index (χ2n) is 16.0. The number of hydrogen-bond acceptors (Lipinski definition) is 3. The molecule has 2 heterocycles. The second kappa shape index (κ2) is 12.5. The maximum atomic E-state index is 7.38. The van der Waals surface area contributed by atoms with E-state index in [4.69, 9.17) is 4.42 Å². The van der Waals surface area contributed by atoms with Crippen molar-refractivity contribution in [2.75, 3.05) is 4.90 Å². The third-order valence-corrected chi connectivity index (χ3v) is 13.6. The van der Waals surface area contributed by atoms with Crippen molar-refractivity contribution < 1.29 is 4.42 Å². The van der Waals surface area contributed by atoms with Crippen molar-refractivity contribution in [3.05, 3.63) is 199 Å². The third-order valence-electron chi connectivity index (χ3n) is 12.5. The molecular weight excluding hydrogens is 723 g/mol. The van der Waals surface area contributed by atoms with Gasteiger partial charge in [0.15, 0.2) is 5.58 Å². The zero-order chi connectivity index (χ0) is 38.5. The van der Waals surface area contributed by atoms with Crippen molar-refractivity contribution in [2.24, 2.45) is 0 Å². The van der Waals surface area contributed by atoms with Gasteiger partial charge in [0.05, 0.1) is 5.69 Å². The number of nitrogens with zero attached hydrogens (tertiary/aromatic N) is 1. The molecule has 0 radical (unpaired) electrons. The normalized spacial score (nSPS) is 13.1. The Labute approximate surface area is 340 Å². The molecule has 0 atom stereocenters. The molecule has 58 heavy (non-hydrogen) atoms.